The number of halogens is 4. The second kappa shape index (κ2) is 12.4. The van der Waals surface area contributed by atoms with Crippen LogP contribution in [-0.2, 0) is 32.3 Å². The summed E-state index contributed by atoms with van der Waals surface area (Å²) in [7, 11) is -4.16. The lowest BCUT2D eigenvalue weighted by atomic mass is 9.95. The Hall–Kier alpha value is -2.79. The van der Waals surface area contributed by atoms with Crippen LogP contribution in [0.4, 0.5) is 18.9 Å². The van der Waals surface area contributed by atoms with Gasteiger partial charge in [-0.05, 0) is 55.7 Å². The Morgan fingerprint density at radius 2 is 1.74 bits per heavy atom. The maximum absolute atomic E-state index is 13.6. The van der Waals surface area contributed by atoms with Crippen molar-refractivity contribution in [2.24, 2.45) is 0 Å². The number of nitrogens with one attached hydrogen (secondary N) is 1. The van der Waals surface area contributed by atoms with Gasteiger partial charge in [0.2, 0.25) is 21.8 Å². The first-order valence-electron chi connectivity index (χ1n) is 12.2. The van der Waals surface area contributed by atoms with E-state index in [1.165, 1.54) is 17.9 Å². The summed E-state index contributed by atoms with van der Waals surface area (Å²) in [6.07, 6.45) is 0.846. The first-order chi connectivity index (χ1) is 17.8. The highest BCUT2D eigenvalue weighted by atomic mass is 35.5. The van der Waals surface area contributed by atoms with E-state index >= 15 is 0 Å². The molecule has 7 nitrogen and oxygen atoms in total. The number of carbonyl (C=O) groups is 2. The predicted molar refractivity (Wildman–Crippen MR) is 140 cm³/mol. The highest BCUT2D eigenvalue weighted by Gasteiger charge is 2.34. The molecule has 0 heterocycles. The van der Waals surface area contributed by atoms with Gasteiger partial charge in [-0.15, -0.1) is 0 Å². The van der Waals surface area contributed by atoms with Crippen LogP contribution in [0.1, 0.15) is 50.2 Å². The number of amides is 2. The Kier molecular flexibility index (Phi) is 9.69. The lowest BCUT2D eigenvalue weighted by Gasteiger charge is -2.33. The van der Waals surface area contributed by atoms with Gasteiger partial charge in [-0.2, -0.15) is 13.2 Å². The number of nitrogens with zero attached hydrogens (tertiary/aromatic N) is 2. The van der Waals surface area contributed by atoms with Gasteiger partial charge in [0.05, 0.1) is 17.5 Å². The predicted octanol–water partition coefficient (Wildman–Crippen LogP) is 4.99. The van der Waals surface area contributed by atoms with Gasteiger partial charge in [0.1, 0.15) is 12.6 Å². The van der Waals surface area contributed by atoms with Crippen molar-refractivity contribution in [3.63, 3.8) is 0 Å². The van der Waals surface area contributed by atoms with Gasteiger partial charge in [-0.3, -0.25) is 13.9 Å². The molecule has 1 aliphatic rings. The van der Waals surface area contributed by atoms with E-state index in [0.717, 1.165) is 50.5 Å². The lowest BCUT2D eigenvalue weighted by molar-refractivity contribution is -0.139. The van der Waals surface area contributed by atoms with Crippen molar-refractivity contribution in [3.05, 3.63) is 64.7 Å². The van der Waals surface area contributed by atoms with E-state index in [9.17, 15) is 31.2 Å². The highest BCUT2D eigenvalue weighted by Crippen LogP contribution is 2.32. The van der Waals surface area contributed by atoms with Crippen LogP contribution in [0, 0.1) is 0 Å². The van der Waals surface area contributed by atoms with Crippen LogP contribution < -0.4 is 9.62 Å². The first kappa shape index (κ1) is 29.8. The van der Waals surface area contributed by atoms with Crippen LogP contribution >= 0.6 is 11.6 Å². The van der Waals surface area contributed by atoms with E-state index < -0.39 is 46.2 Å². The third-order valence-corrected chi connectivity index (χ3v) is 7.88. The standard InChI is InChI=1S/C26H31ClF3N3O4S/c1-18(25(35)31-22-11-4-3-5-12-22)32(16-19-8-6-10-21(27)14-19)24(34)17-33(38(2,36)37)23-13-7-9-20(15-23)26(28,29)30/h6-10,13-15,18,22H,3-5,11-12,16-17H2,1-2H3,(H,31,35)/t18-/m1/s1. The van der Waals surface area contributed by atoms with Crippen LogP contribution in [0.25, 0.3) is 0 Å². The molecule has 0 unspecified atom stereocenters. The van der Waals surface area contributed by atoms with Crippen molar-refractivity contribution in [3.8, 4) is 0 Å². The van der Waals surface area contributed by atoms with E-state index in [1.54, 1.807) is 24.3 Å². The first-order valence-corrected chi connectivity index (χ1v) is 14.5. The molecule has 38 heavy (non-hydrogen) atoms. The second-order valence-electron chi connectivity index (χ2n) is 9.49. The maximum Gasteiger partial charge on any atom is 0.416 e. The van der Waals surface area contributed by atoms with Gasteiger partial charge < -0.3 is 10.2 Å². The highest BCUT2D eigenvalue weighted by molar-refractivity contribution is 7.92. The average Bonchev–Trinajstić information content (AvgIpc) is 2.85. The molecule has 2 aromatic carbocycles. The molecule has 3 rings (SSSR count). The zero-order valence-electron chi connectivity index (χ0n) is 21.2. The summed E-state index contributed by atoms with van der Waals surface area (Å²) in [5.74, 6) is -1.14. The zero-order valence-corrected chi connectivity index (χ0v) is 22.7. The molecule has 2 aromatic rings. The smallest absolute Gasteiger partial charge is 0.352 e. The van der Waals surface area contributed by atoms with E-state index in [-0.39, 0.29) is 18.3 Å². The molecule has 208 valence electrons. The number of benzene rings is 2. The van der Waals surface area contributed by atoms with Crippen molar-refractivity contribution >= 4 is 39.1 Å². The van der Waals surface area contributed by atoms with Crippen LogP contribution in [0.5, 0.6) is 0 Å². The van der Waals surface area contributed by atoms with Crippen molar-refractivity contribution in [1.29, 1.82) is 0 Å². The van der Waals surface area contributed by atoms with Gasteiger partial charge in [-0.1, -0.05) is 49.1 Å². The van der Waals surface area contributed by atoms with Crippen LogP contribution in [0.15, 0.2) is 48.5 Å². The summed E-state index contributed by atoms with van der Waals surface area (Å²) < 4.78 is 65.7. The quantitative estimate of drug-likeness (QED) is 0.458. The molecule has 1 N–H and O–H groups in total. The molecule has 0 aromatic heterocycles. The van der Waals surface area contributed by atoms with Gasteiger partial charge in [0, 0.05) is 17.6 Å². The van der Waals surface area contributed by atoms with E-state index in [2.05, 4.69) is 5.32 Å². The molecular formula is C26H31ClF3N3O4S. The Labute approximate surface area is 226 Å². The molecule has 1 fully saturated rings. The fourth-order valence-electron chi connectivity index (χ4n) is 4.43. The molecular weight excluding hydrogens is 543 g/mol. The van der Waals surface area contributed by atoms with Gasteiger partial charge in [0.15, 0.2) is 0 Å². The average molecular weight is 574 g/mol. The topological polar surface area (TPSA) is 86.8 Å². The summed E-state index contributed by atoms with van der Waals surface area (Å²) in [4.78, 5) is 27.9. The van der Waals surface area contributed by atoms with E-state index in [0.29, 0.717) is 21.0 Å². The number of carbonyl (C=O) groups excluding carboxylic acids is 2. The lowest BCUT2D eigenvalue weighted by Crippen LogP contribution is -2.53. The minimum absolute atomic E-state index is 0.0144. The van der Waals surface area contributed by atoms with Gasteiger partial charge in [-0.25, -0.2) is 8.42 Å². The van der Waals surface area contributed by atoms with Gasteiger partial charge in [0.25, 0.3) is 0 Å². The molecule has 0 radical (unpaired) electrons. The molecule has 0 bridgehead atoms. The van der Waals surface area contributed by atoms with Crippen molar-refractivity contribution < 1.29 is 31.2 Å². The summed E-state index contributed by atoms with van der Waals surface area (Å²) in [6, 6.07) is 9.41. The Morgan fingerprint density at radius 3 is 2.34 bits per heavy atom. The molecule has 1 aliphatic carbocycles. The molecule has 0 aliphatic heterocycles. The SMILES string of the molecule is C[C@H](C(=O)NC1CCCCC1)N(Cc1cccc(Cl)c1)C(=O)CN(c1cccc(C(F)(F)F)c1)S(C)(=O)=O. The number of hydrogen-bond acceptors (Lipinski definition) is 4. The second-order valence-corrected chi connectivity index (χ2v) is 11.8. The van der Waals surface area contributed by atoms with Crippen molar-refractivity contribution in [2.75, 3.05) is 17.1 Å². The third-order valence-electron chi connectivity index (χ3n) is 6.50. The molecule has 12 heteroatoms. The third kappa shape index (κ3) is 8.10. The zero-order chi connectivity index (χ0) is 28.1. The number of rotatable bonds is 9. The number of sulfonamides is 1. The van der Waals surface area contributed by atoms with E-state index in [1.807, 2.05) is 0 Å². The molecule has 2 amide bonds. The minimum atomic E-state index is -4.70. The van der Waals surface area contributed by atoms with Crippen LogP contribution in [-0.4, -0.2) is 50.0 Å². The van der Waals surface area contributed by atoms with Crippen LogP contribution in [0.2, 0.25) is 5.02 Å². The van der Waals surface area contributed by atoms with Crippen LogP contribution in [0.3, 0.4) is 0 Å². The summed E-state index contributed by atoms with van der Waals surface area (Å²) in [5.41, 5.74) is -0.752. The number of alkyl halides is 3. The molecule has 0 saturated heterocycles. The Morgan fingerprint density at radius 1 is 1.08 bits per heavy atom. The summed E-state index contributed by atoms with van der Waals surface area (Å²) in [5, 5.41) is 3.39. The fourth-order valence-corrected chi connectivity index (χ4v) is 5.49. The van der Waals surface area contributed by atoms with Gasteiger partial charge >= 0.3 is 6.18 Å². The summed E-state index contributed by atoms with van der Waals surface area (Å²) >= 11 is 6.09. The minimum Gasteiger partial charge on any atom is -0.352 e. The molecule has 1 saturated carbocycles. The Balaban J connectivity index is 1.91. The summed E-state index contributed by atoms with van der Waals surface area (Å²) in [6.45, 7) is 0.691. The van der Waals surface area contributed by atoms with Crippen molar-refractivity contribution in [1.82, 2.24) is 10.2 Å². The number of hydrogen-bond donors (Lipinski definition) is 1. The fraction of sp³-hybridized carbons (Fsp3) is 0.462. The largest absolute Gasteiger partial charge is 0.416 e. The number of anilines is 1. The van der Waals surface area contributed by atoms with E-state index in [4.69, 9.17) is 11.6 Å². The molecule has 0 spiro atoms. The monoisotopic (exact) mass is 573 g/mol. The maximum atomic E-state index is 13.6. The van der Waals surface area contributed by atoms with Crippen molar-refractivity contribution in [2.45, 2.75) is 63.8 Å². The molecule has 1 atom stereocenters. The normalized spacial score (nSPS) is 15.5. The Bertz CT molecular complexity index is 1250.